The van der Waals surface area contributed by atoms with Crippen LogP contribution >= 0.6 is 0 Å². The van der Waals surface area contributed by atoms with E-state index < -0.39 is 11.9 Å². The molecule has 28 heavy (non-hydrogen) atoms. The van der Waals surface area contributed by atoms with Gasteiger partial charge in [-0.25, -0.2) is 9.37 Å². The molecule has 2 heterocycles. The highest BCUT2D eigenvalue weighted by molar-refractivity contribution is 5.97. The Labute approximate surface area is 161 Å². The third-order valence-corrected chi connectivity index (χ3v) is 4.30. The number of pyridine rings is 1. The van der Waals surface area contributed by atoms with E-state index in [0.717, 1.165) is 16.9 Å². The van der Waals surface area contributed by atoms with Gasteiger partial charge in [-0.3, -0.25) is 4.79 Å². The number of nitrogens with zero attached hydrogens (tertiary/aromatic N) is 2. The van der Waals surface area contributed by atoms with E-state index in [4.69, 9.17) is 4.74 Å². The van der Waals surface area contributed by atoms with E-state index in [-0.39, 0.29) is 5.91 Å². The Hall–Kier alpha value is -3.67. The maximum absolute atomic E-state index is 13.3. The van der Waals surface area contributed by atoms with Crippen molar-refractivity contribution in [1.82, 2.24) is 9.38 Å². The van der Waals surface area contributed by atoms with Gasteiger partial charge in [-0.15, -0.1) is 0 Å². The van der Waals surface area contributed by atoms with Gasteiger partial charge in [0.1, 0.15) is 17.2 Å². The Kier molecular flexibility index (Phi) is 4.76. The van der Waals surface area contributed by atoms with Gasteiger partial charge in [0.2, 0.25) is 0 Å². The molecule has 0 saturated heterocycles. The number of fused-ring (bicyclic) bond motifs is 1. The van der Waals surface area contributed by atoms with Crippen molar-refractivity contribution in [2.45, 2.75) is 13.0 Å². The number of nitrogens with one attached hydrogen (secondary N) is 1. The van der Waals surface area contributed by atoms with Crippen molar-refractivity contribution < 1.29 is 13.9 Å². The molecule has 0 bridgehead atoms. The fourth-order valence-corrected chi connectivity index (χ4v) is 2.91. The number of carbonyl (C=O) groups excluding carboxylic acids is 1. The normalized spacial score (nSPS) is 11.9. The lowest BCUT2D eigenvalue weighted by molar-refractivity contribution is -0.122. The average Bonchev–Trinajstić information content (AvgIpc) is 3.12. The minimum Gasteiger partial charge on any atom is -0.481 e. The molecule has 0 spiro atoms. The Balaban J connectivity index is 1.55. The van der Waals surface area contributed by atoms with Crippen LogP contribution in [0.3, 0.4) is 0 Å². The zero-order valence-electron chi connectivity index (χ0n) is 15.2. The largest absolute Gasteiger partial charge is 0.481 e. The van der Waals surface area contributed by atoms with Crippen LogP contribution < -0.4 is 10.1 Å². The van der Waals surface area contributed by atoms with Crippen LogP contribution in [-0.2, 0) is 4.79 Å². The van der Waals surface area contributed by atoms with Crippen LogP contribution in [0.4, 0.5) is 10.1 Å². The number of para-hydroxylation sites is 1. The summed E-state index contributed by atoms with van der Waals surface area (Å²) >= 11 is 0. The van der Waals surface area contributed by atoms with Gasteiger partial charge >= 0.3 is 0 Å². The highest BCUT2D eigenvalue weighted by atomic mass is 19.1. The lowest BCUT2D eigenvalue weighted by atomic mass is 10.1. The van der Waals surface area contributed by atoms with E-state index in [1.54, 1.807) is 13.0 Å². The molecule has 1 unspecified atom stereocenters. The highest BCUT2D eigenvalue weighted by Crippen LogP contribution is 2.27. The number of ether oxygens (including phenoxy) is 1. The van der Waals surface area contributed by atoms with E-state index in [1.165, 1.54) is 18.2 Å². The second kappa shape index (κ2) is 7.52. The van der Waals surface area contributed by atoms with Crippen molar-refractivity contribution in [2.75, 3.05) is 5.32 Å². The first-order chi connectivity index (χ1) is 13.6. The molecule has 1 atom stereocenters. The molecule has 4 rings (SSSR count). The fourth-order valence-electron chi connectivity index (χ4n) is 2.91. The first kappa shape index (κ1) is 17.7. The predicted octanol–water partition coefficient (Wildman–Crippen LogP) is 4.55. The molecule has 0 saturated carbocycles. The van der Waals surface area contributed by atoms with Gasteiger partial charge in [0, 0.05) is 24.0 Å². The monoisotopic (exact) mass is 375 g/mol. The Morgan fingerprint density at radius 2 is 1.93 bits per heavy atom. The van der Waals surface area contributed by atoms with E-state index in [0.29, 0.717) is 11.4 Å². The quantitative estimate of drug-likeness (QED) is 0.557. The van der Waals surface area contributed by atoms with Gasteiger partial charge in [-0.1, -0.05) is 30.3 Å². The van der Waals surface area contributed by atoms with Crippen molar-refractivity contribution in [3.05, 3.63) is 84.9 Å². The predicted molar refractivity (Wildman–Crippen MR) is 106 cm³/mol. The van der Waals surface area contributed by atoms with Crippen molar-refractivity contribution in [3.63, 3.8) is 0 Å². The number of hydrogen-bond acceptors (Lipinski definition) is 3. The van der Waals surface area contributed by atoms with Gasteiger partial charge in [0.05, 0.1) is 11.4 Å². The van der Waals surface area contributed by atoms with Gasteiger partial charge in [-0.05, 0) is 37.3 Å². The molecule has 140 valence electrons. The van der Waals surface area contributed by atoms with Crippen molar-refractivity contribution in [3.8, 4) is 17.0 Å². The molecule has 2 aromatic carbocycles. The SMILES string of the molecule is CC(Oc1cccc(F)c1)C(=O)Nc1ccccc1-c1cn2ccccc2n1. The summed E-state index contributed by atoms with van der Waals surface area (Å²) in [6.07, 6.45) is 3.03. The van der Waals surface area contributed by atoms with Crippen LogP contribution in [0.1, 0.15) is 6.92 Å². The topological polar surface area (TPSA) is 55.6 Å². The fraction of sp³-hybridized carbons (Fsp3) is 0.0909. The number of hydrogen-bond donors (Lipinski definition) is 1. The third kappa shape index (κ3) is 3.71. The van der Waals surface area contributed by atoms with Crippen LogP contribution in [0.2, 0.25) is 0 Å². The molecule has 6 heteroatoms. The van der Waals surface area contributed by atoms with Crippen LogP contribution in [0.15, 0.2) is 79.1 Å². The first-order valence-electron chi connectivity index (χ1n) is 8.86. The summed E-state index contributed by atoms with van der Waals surface area (Å²) in [4.78, 5) is 17.2. The smallest absolute Gasteiger partial charge is 0.265 e. The zero-order valence-corrected chi connectivity index (χ0v) is 15.2. The van der Waals surface area contributed by atoms with E-state index >= 15 is 0 Å². The zero-order chi connectivity index (χ0) is 19.5. The second-order valence-corrected chi connectivity index (χ2v) is 6.34. The van der Waals surface area contributed by atoms with Crippen molar-refractivity contribution in [1.29, 1.82) is 0 Å². The Morgan fingerprint density at radius 1 is 1.11 bits per heavy atom. The van der Waals surface area contributed by atoms with E-state index in [9.17, 15) is 9.18 Å². The maximum Gasteiger partial charge on any atom is 0.265 e. The van der Waals surface area contributed by atoms with E-state index in [2.05, 4.69) is 10.3 Å². The minimum absolute atomic E-state index is 0.302. The molecule has 0 radical (unpaired) electrons. The Morgan fingerprint density at radius 3 is 2.75 bits per heavy atom. The maximum atomic E-state index is 13.3. The molecule has 0 fully saturated rings. The summed E-state index contributed by atoms with van der Waals surface area (Å²) in [5.41, 5.74) is 3.00. The third-order valence-electron chi connectivity index (χ3n) is 4.30. The molecule has 1 N–H and O–H groups in total. The molecule has 5 nitrogen and oxygen atoms in total. The highest BCUT2D eigenvalue weighted by Gasteiger charge is 2.17. The van der Waals surface area contributed by atoms with E-state index in [1.807, 2.05) is 59.3 Å². The molecule has 2 aromatic heterocycles. The summed E-state index contributed by atoms with van der Waals surface area (Å²) < 4.78 is 20.8. The number of imidazole rings is 1. The summed E-state index contributed by atoms with van der Waals surface area (Å²) in [6, 6.07) is 18.9. The van der Waals surface area contributed by atoms with Gasteiger partial charge in [0.25, 0.3) is 5.91 Å². The number of anilines is 1. The second-order valence-electron chi connectivity index (χ2n) is 6.34. The van der Waals surface area contributed by atoms with Gasteiger partial charge < -0.3 is 14.5 Å². The number of benzene rings is 2. The summed E-state index contributed by atoms with van der Waals surface area (Å²) in [5.74, 6) is -0.445. The number of carbonyl (C=O) groups is 1. The molecule has 1 amide bonds. The molecule has 4 aromatic rings. The van der Waals surface area contributed by atoms with Crippen LogP contribution in [0.5, 0.6) is 5.75 Å². The summed E-state index contributed by atoms with van der Waals surface area (Å²) in [7, 11) is 0. The number of rotatable bonds is 5. The van der Waals surface area contributed by atoms with Gasteiger partial charge in [-0.2, -0.15) is 0 Å². The van der Waals surface area contributed by atoms with Crippen LogP contribution in [0.25, 0.3) is 16.9 Å². The number of amides is 1. The molecule has 0 aliphatic carbocycles. The van der Waals surface area contributed by atoms with Gasteiger partial charge in [0.15, 0.2) is 6.10 Å². The van der Waals surface area contributed by atoms with Crippen LogP contribution in [0, 0.1) is 5.82 Å². The Bertz CT molecular complexity index is 1110. The lowest BCUT2D eigenvalue weighted by Gasteiger charge is -2.16. The van der Waals surface area contributed by atoms with Crippen molar-refractivity contribution >= 4 is 17.2 Å². The summed E-state index contributed by atoms with van der Waals surface area (Å²) in [5, 5.41) is 2.88. The molecule has 0 aliphatic heterocycles. The minimum atomic E-state index is -0.795. The van der Waals surface area contributed by atoms with Crippen molar-refractivity contribution in [2.24, 2.45) is 0 Å². The average molecular weight is 375 g/mol. The first-order valence-corrected chi connectivity index (χ1v) is 8.86. The number of halogens is 1. The number of aromatic nitrogens is 2. The molecular weight excluding hydrogens is 357 g/mol. The standard InChI is InChI=1S/C22H18FN3O2/c1-15(28-17-8-6-7-16(23)13-17)22(27)25-19-10-3-2-9-18(19)20-14-26-12-5-4-11-21(26)24-20/h2-15H,1H3,(H,25,27). The summed E-state index contributed by atoms with van der Waals surface area (Å²) in [6.45, 7) is 1.62. The molecular formula is C22H18FN3O2. The lowest BCUT2D eigenvalue weighted by Crippen LogP contribution is -2.30. The molecule has 0 aliphatic rings. The van der Waals surface area contributed by atoms with Crippen LogP contribution in [-0.4, -0.2) is 21.4 Å².